The highest BCUT2D eigenvalue weighted by atomic mass is 79.9. The van der Waals surface area contributed by atoms with Crippen LogP contribution in [0.4, 0.5) is 0 Å². The summed E-state index contributed by atoms with van der Waals surface area (Å²) >= 11 is 3.38. The van der Waals surface area contributed by atoms with Crippen molar-refractivity contribution in [3.8, 4) is 11.5 Å². The van der Waals surface area contributed by atoms with Crippen molar-refractivity contribution in [3.63, 3.8) is 0 Å². The molecule has 0 saturated carbocycles. The minimum atomic E-state index is -0.134. The van der Waals surface area contributed by atoms with Crippen molar-refractivity contribution in [3.05, 3.63) is 52.4 Å². The molecular weight excluding hydrogens is 324 g/mol. The van der Waals surface area contributed by atoms with Crippen LogP contribution in [-0.2, 0) is 0 Å². The number of furan rings is 1. The van der Waals surface area contributed by atoms with Gasteiger partial charge in [0, 0.05) is 10.0 Å². The fourth-order valence-corrected chi connectivity index (χ4v) is 2.40. The third-order valence-electron chi connectivity index (χ3n) is 2.84. The topological polar surface area (TPSA) is 48.7 Å². The maximum atomic E-state index is 12.2. The minimum Gasteiger partial charge on any atom is -0.486 e. The van der Waals surface area contributed by atoms with E-state index in [0.717, 1.165) is 0 Å². The predicted octanol–water partition coefficient (Wildman–Crippen LogP) is 3.71. The molecule has 0 spiro atoms. The number of carbonyl (C=O) groups excluding carboxylic acids is 1. The van der Waals surface area contributed by atoms with E-state index in [-0.39, 0.29) is 5.78 Å². The molecule has 0 amide bonds. The van der Waals surface area contributed by atoms with Crippen LogP contribution in [0.1, 0.15) is 16.1 Å². The number of hydrogen-bond donors (Lipinski definition) is 0. The molecule has 0 fully saturated rings. The summed E-state index contributed by atoms with van der Waals surface area (Å²) in [5.74, 6) is 1.74. The number of rotatable bonds is 3. The van der Waals surface area contributed by atoms with Gasteiger partial charge in [-0.2, -0.15) is 0 Å². The van der Waals surface area contributed by atoms with Gasteiger partial charge in [-0.15, -0.1) is 0 Å². The second-order valence-corrected chi connectivity index (χ2v) is 5.04. The van der Waals surface area contributed by atoms with Gasteiger partial charge < -0.3 is 13.9 Å². The number of halogens is 1. The molecule has 1 aliphatic heterocycles. The van der Waals surface area contributed by atoms with Crippen molar-refractivity contribution in [1.82, 2.24) is 0 Å². The molecule has 0 unspecified atom stereocenters. The molecule has 2 aromatic rings. The quantitative estimate of drug-likeness (QED) is 0.634. The van der Waals surface area contributed by atoms with E-state index in [9.17, 15) is 4.79 Å². The van der Waals surface area contributed by atoms with Crippen molar-refractivity contribution in [2.45, 2.75) is 0 Å². The monoisotopic (exact) mass is 334 g/mol. The standard InChI is InChI=1S/C15H11BrO4/c16-12-9-15-14(19-6-7-20-15)8-11(12)13(17)4-3-10-2-1-5-18-10/h1-5,8-9H,6-7H2. The van der Waals surface area contributed by atoms with Crippen molar-refractivity contribution in [1.29, 1.82) is 0 Å². The van der Waals surface area contributed by atoms with Gasteiger partial charge in [0.05, 0.1) is 6.26 Å². The Bertz CT molecular complexity index is 659. The summed E-state index contributed by atoms with van der Waals surface area (Å²) in [7, 11) is 0. The number of allylic oxidation sites excluding steroid dienone is 1. The average molecular weight is 335 g/mol. The zero-order valence-electron chi connectivity index (χ0n) is 10.5. The average Bonchev–Trinajstić information content (AvgIpc) is 2.97. The summed E-state index contributed by atoms with van der Waals surface area (Å²) in [4.78, 5) is 12.2. The summed E-state index contributed by atoms with van der Waals surface area (Å²) < 4.78 is 16.8. The first-order chi connectivity index (χ1) is 9.74. The molecule has 1 aromatic heterocycles. The van der Waals surface area contributed by atoms with Crippen LogP contribution in [0.3, 0.4) is 0 Å². The fourth-order valence-electron chi connectivity index (χ4n) is 1.89. The molecule has 0 N–H and O–H groups in total. The third-order valence-corrected chi connectivity index (χ3v) is 3.50. The number of fused-ring (bicyclic) bond motifs is 1. The van der Waals surface area contributed by atoms with E-state index in [2.05, 4.69) is 15.9 Å². The van der Waals surface area contributed by atoms with Gasteiger partial charge in [-0.3, -0.25) is 4.79 Å². The van der Waals surface area contributed by atoms with E-state index in [4.69, 9.17) is 13.9 Å². The lowest BCUT2D eigenvalue weighted by Gasteiger charge is -2.19. The molecule has 5 heteroatoms. The highest BCUT2D eigenvalue weighted by Crippen LogP contribution is 2.35. The number of ketones is 1. The highest BCUT2D eigenvalue weighted by molar-refractivity contribution is 9.10. The van der Waals surface area contributed by atoms with E-state index < -0.39 is 0 Å². The zero-order chi connectivity index (χ0) is 13.9. The van der Waals surface area contributed by atoms with Gasteiger partial charge in [-0.1, -0.05) is 0 Å². The van der Waals surface area contributed by atoms with E-state index >= 15 is 0 Å². The van der Waals surface area contributed by atoms with E-state index in [1.165, 1.54) is 6.08 Å². The van der Waals surface area contributed by atoms with Gasteiger partial charge >= 0.3 is 0 Å². The van der Waals surface area contributed by atoms with Crippen LogP contribution in [0.15, 0.2) is 45.5 Å². The lowest BCUT2D eigenvalue weighted by molar-refractivity contribution is 0.104. The molecule has 102 valence electrons. The molecule has 4 nitrogen and oxygen atoms in total. The smallest absolute Gasteiger partial charge is 0.187 e. The number of ether oxygens (including phenoxy) is 2. The Morgan fingerprint density at radius 1 is 1.20 bits per heavy atom. The second kappa shape index (κ2) is 5.54. The Labute approximate surface area is 124 Å². The molecule has 1 aromatic carbocycles. The maximum Gasteiger partial charge on any atom is 0.187 e. The molecule has 1 aliphatic rings. The Morgan fingerprint density at radius 3 is 2.65 bits per heavy atom. The van der Waals surface area contributed by atoms with Crippen molar-refractivity contribution < 1.29 is 18.7 Å². The number of benzene rings is 1. The summed E-state index contributed by atoms with van der Waals surface area (Å²) in [6.07, 6.45) is 4.66. The van der Waals surface area contributed by atoms with Gasteiger partial charge in [-0.25, -0.2) is 0 Å². The lowest BCUT2D eigenvalue weighted by Crippen LogP contribution is -2.16. The van der Waals surface area contributed by atoms with Crippen molar-refractivity contribution >= 4 is 27.8 Å². The molecule has 0 bridgehead atoms. The van der Waals surface area contributed by atoms with Gasteiger partial charge in [-0.05, 0) is 52.3 Å². The molecule has 0 saturated heterocycles. The molecular formula is C15H11BrO4. The first-order valence-electron chi connectivity index (χ1n) is 6.09. The summed E-state index contributed by atoms with van der Waals surface area (Å²) in [6, 6.07) is 6.99. The van der Waals surface area contributed by atoms with Gasteiger partial charge in [0.25, 0.3) is 0 Å². The Hall–Kier alpha value is -2.01. The zero-order valence-corrected chi connectivity index (χ0v) is 12.1. The molecule has 0 atom stereocenters. The van der Waals surface area contributed by atoms with E-state index in [1.54, 1.807) is 36.6 Å². The molecule has 0 aliphatic carbocycles. The van der Waals surface area contributed by atoms with E-state index in [1.807, 2.05) is 0 Å². The molecule has 0 radical (unpaired) electrons. The first-order valence-corrected chi connectivity index (χ1v) is 6.88. The SMILES string of the molecule is O=C(C=Cc1ccco1)c1cc2c(cc1Br)OCCO2. The van der Waals surface area contributed by atoms with Crippen LogP contribution in [-0.4, -0.2) is 19.0 Å². The van der Waals surface area contributed by atoms with Crippen LogP contribution < -0.4 is 9.47 Å². The van der Waals surface area contributed by atoms with Crippen LogP contribution in [0, 0.1) is 0 Å². The van der Waals surface area contributed by atoms with Gasteiger partial charge in [0.1, 0.15) is 19.0 Å². The Kier molecular flexibility index (Phi) is 3.60. The van der Waals surface area contributed by atoms with Crippen LogP contribution in [0.2, 0.25) is 0 Å². The van der Waals surface area contributed by atoms with Crippen molar-refractivity contribution in [2.24, 2.45) is 0 Å². The highest BCUT2D eigenvalue weighted by Gasteiger charge is 2.17. The van der Waals surface area contributed by atoms with Gasteiger partial charge in [0.15, 0.2) is 17.3 Å². The fraction of sp³-hybridized carbons (Fsp3) is 0.133. The summed E-state index contributed by atoms with van der Waals surface area (Å²) in [5.41, 5.74) is 0.525. The third kappa shape index (κ3) is 2.63. The largest absolute Gasteiger partial charge is 0.486 e. The van der Waals surface area contributed by atoms with Crippen LogP contribution in [0.25, 0.3) is 6.08 Å². The Morgan fingerprint density at radius 2 is 1.95 bits per heavy atom. The van der Waals surface area contributed by atoms with Crippen molar-refractivity contribution in [2.75, 3.05) is 13.2 Å². The van der Waals surface area contributed by atoms with Crippen LogP contribution >= 0.6 is 15.9 Å². The molecule has 3 rings (SSSR count). The maximum absolute atomic E-state index is 12.2. The summed E-state index contributed by atoms with van der Waals surface area (Å²) in [6.45, 7) is 1.01. The second-order valence-electron chi connectivity index (χ2n) is 4.19. The van der Waals surface area contributed by atoms with Crippen LogP contribution in [0.5, 0.6) is 11.5 Å². The predicted molar refractivity (Wildman–Crippen MR) is 77.2 cm³/mol. The number of hydrogen-bond acceptors (Lipinski definition) is 4. The normalized spacial score (nSPS) is 13.7. The lowest BCUT2D eigenvalue weighted by atomic mass is 10.1. The number of carbonyl (C=O) groups is 1. The molecule has 20 heavy (non-hydrogen) atoms. The minimum absolute atomic E-state index is 0.134. The first kappa shape index (κ1) is 13.0. The van der Waals surface area contributed by atoms with E-state index in [0.29, 0.717) is 40.5 Å². The molecule has 2 heterocycles. The Balaban J connectivity index is 1.87. The summed E-state index contributed by atoms with van der Waals surface area (Å²) in [5, 5.41) is 0. The van der Waals surface area contributed by atoms with Gasteiger partial charge in [0.2, 0.25) is 0 Å².